The number of aromatic nitrogens is 1. The van der Waals surface area contributed by atoms with Gasteiger partial charge in [0.1, 0.15) is 6.61 Å². The quantitative estimate of drug-likeness (QED) is 0.341. The molecule has 2 aliphatic heterocycles. The van der Waals surface area contributed by atoms with Gasteiger partial charge < -0.3 is 34.9 Å². The van der Waals surface area contributed by atoms with Crippen molar-refractivity contribution in [2.75, 3.05) is 38.3 Å². The van der Waals surface area contributed by atoms with E-state index in [0.29, 0.717) is 50.5 Å². The molecule has 0 unspecified atom stereocenters. The van der Waals surface area contributed by atoms with Gasteiger partial charge >= 0.3 is 6.16 Å². The van der Waals surface area contributed by atoms with Crippen LogP contribution in [0.1, 0.15) is 24.0 Å². The smallest absolute Gasteiger partial charge is 0.493 e. The minimum atomic E-state index is -1.31. The minimum absolute atomic E-state index is 0.0358. The Labute approximate surface area is 192 Å². The normalized spacial score (nSPS) is 17.1. The van der Waals surface area contributed by atoms with E-state index < -0.39 is 11.8 Å². The number of carboxylic acid groups (broad SMARTS) is 1. The van der Waals surface area contributed by atoms with Crippen LogP contribution in [0.2, 0.25) is 0 Å². The van der Waals surface area contributed by atoms with Crippen LogP contribution in [0.5, 0.6) is 11.5 Å². The standard InChI is InChI=1S/C23H29N5O5/c1-31-19-12-16-4-9-28(21(24)25)14-17(16)13-20(19)32-15-23(33-22(29)30)5-10-27(11-6-23)18-2-7-26-8-3-18/h2-3,7-8,12-13H,4-6,9-11,14-15H2,1H3,(H3,24,25)(H,29,30). The predicted molar refractivity (Wildman–Crippen MR) is 122 cm³/mol. The Bertz CT molecular complexity index is 1010. The molecule has 0 saturated carbocycles. The lowest BCUT2D eigenvalue weighted by Crippen LogP contribution is -2.50. The summed E-state index contributed by atoms with van der Waals surface area (Å²) in [5.41, 5.74) is 7.88. The first-order valence-corrected chi connectivity index (χ1v) is 10.9. The van der Waals surface area contributed by atoms with Crippen LogP contribution in [0, 0.1) is 5.41 Å². The van der Waals surface area contributed by atoms with E-state index in [1.807, 2.05) is 24.3 Å². The van der Waals surface area contributed by atoms with Gasteiger partial charge in [-0.1, -0.05) is 0 Å². The molecule has 1 aromatic heterocycles. The number of nitrogens with zero attached hydrogens (tertiary/aromatic N) is 3. The maximum atomic E-state index is 11.5. The second kappa shape index (κ2) is 9.43. The Morgan fingerprint density at radius 1 is 1.18 bits per heavy atom. The molecular weight excluding hydrogens is 426 g/mol. The third-order valence-corrected chi connectivity index (χ3v) is 6.34. The molecule has 0 radical (unpaired) electrons. The zero-order valence-corrected chi connectivity index (χ0v) is 18.6. The van der Waals surface area contributed by atoms with Crippen LogP contribution in [0.4, 0.5) is 10.5 Å². The molecule has 3 heterocycles. The van der Waals surface area contributed by atoms with Gasteiger partial charge in [0.05, 0.1) is 7.11 Å². The Hall–Kier alpha value is -3.69. The van der Waals surface area contributed by atoms with E-state index in [1.165, 1.54) is 0 Å². The van der Waals surface area contributed by atoms with Gasteiger partial charge in [0.15, 0.2) is 23.1 Å². The van der Waals surface area contributed by atoms with Crippen LogP contribution in [0.25, 0.3) is 0 Å². The predicted octanol–water partition coefficient (Wildman–Crippen LogP) is 2.45. The monoisotopic (exact) mass is 455 g/mol. The number of nitrogens with one attached hydrogen (secondary N) is 1. The summed E-state index contributed by atoms with van der Waals surface area (Å²) < 4.78 is 17.0. The molecule has 4 N–H and O–H groups in total. The van der Waals surface area contributed by atoms with Crippen LogP contribution in [-0.2, 0) is 17.7 Å². The van der Waals surface area contributed by atoms with Crippen LogP contribution in [0.3, 0.4) is 0 Å². The highest BCUT2D eigenvalue weighted by Gasteiger charge is 2.40. The van der Waals surface area contributed by atoms with Gasteiger partial charge in [-0.3, -0.25) is 10.4 Å². The van der Waals surface area contributed by atoms with Crippen molar-refractivity contribution < 1.29 is 24.1 Å². The minimum Gasteiger partial charge on any atom is -0.493 e. The molecule has 2 aliphatic rings. The average Bonchev–Trinajstić information content (AvgIpc) is 2.82. The highest BCUT2D eigenvalue weighted by Crippen LogP contribution is 2.36. The van der Waals surface area contributed by atoms with E-state index in [-0.39, 0.29) is 12.6 Å². The summed E-state index contributed by atoms with van der Waals surface area (Å²) >= 11 is 0. The highest BCUT2D eigenvalue weighted by atomic mass is 16.7. The Morgan fingerprint density at radius 2 is 1.88 bits per heavy atom. The lowest BCUT2D eigenvalue weighted by Gasteiger charge is -2.41. The SMILES string of the molecule is COc1cc2c(cc1OCC1(OC(=O)O)CCN(c3ccncc3)CC1)CN(C(=N)N)CC2. The fraction of sp³-hybridized carbons (Fsp3) is 0.435. The molecule has 1 saturated heterocycles. The van der Waals surface area contributed by atoms with E-state index in [0.717, 1.165) is 23.2 Å². The summed E-state index contributed by atoms with van der Waals surface area (Å²) in [6.45, 7) is 2.54. The van der Waals surface area contributed by atoms with Crippen molar-refractivity contribution in [1.29, 1.82) is 5.41 Å². The van der Waals surface area contributed by atoms with Gasteiger partial charge in [-0.2, -0.15) is 0 Å². The second-order valence-electron chi connectivity index (χ2n) is 8.36. The summed E-state index contributed by atoms with van der Waals surface area (Å²) in [7, 11) is 1.58. The number of piperidine rings is 1. The number of methoxy groups -OCH3 is 1. The number of anilines is 1. The average molecular weight is 456 g/mol. The van der Waals surface area contributed by atoms with Gasteiger partial charge in [0.25, 0.3) is 0 Å². The van der Waals surface area contributed by atoms with Crippen molar-refractivity contribution in [2.45, 2.75) is 31.4 Å². The Kier molecular flexibility index (Phi) is 6.43. The summed E-state index contributed by atoms with van der Waals surface area (Å²) in [5.74, 6) is 1.14. The largest absolute Gasteiger partial charge is 0.506 e. The third kappa shape index (κ3) is 5.05. The first kappa shape index (κ1) is 22.5. The van der Waals surface area contributed by atoms with Crippen molar-refractivity contribution in [1.82, 2.24) is 9.88 Å². The van der Waals surface area contributed by atoms with Crippen LogP contribution >= 0.6 is 0 Å². The number of hydrogen-bond donors (Lipinski definition) is 3. The molecule has 1 aromatic carbocycles. The molecule has 0 bridgehead atoms. The fourth-order valence-corrected chi connectivity index (χ4v) is 4.44. The molecular formula is C23H29N5O5. The molecule has 2 aromatic rings. The van der Waals surface area contributed by atoms with Crippen LogP contribution in [-0.4, -0.2) is 66.1 Å². The number of nitrogens with two attached hydrogens (primary N) is 1. The molecule has 10 heteroatoms. The van der Waals surface area contributed by atoms with E-state index >= 15 is 0 Å². The first-order valence-electron chi connectivity index (χ1n) is 10.9. The Morgan fingerprint density at radius 3 is 2.52 bits per heavy atom. The van der Waals surface area contributed by atoms with Crippen molar-refractivity contribution >= 4 is 17.8 Å². The Balaban J connectivity index is 1.50. The number of rotatable bonds is 6. The van der Waals surface area contributed by atoms with E-state index in [4.69, 9.17) is 25.4 Å². The highest BCUT2D eigenvalue weighted by molar-refractivity contribution is 5.75. The number of fused-ring (bicyclic) bond motifs is 1. The number of hydrogen-bond acceptors (Lipinski definition) is 7. The molecule has 33 heavy (non-hydrogen) atoms. The number of ether oxygens (including phenoxy) is 3. The van der Waals surface area contributed by atoms with Gasteiger partial charge in [0, 0.05) is 57.1 Å². The zero-order valence-electron chi connectivity index (χ0n) is 18.6. The number of pyridine rings is 1. The summed E-state index contributed by atoms with van der Waals surface area (Å²) in [6, 6.07) is 7.70. The van der Waals surface area contributed by atoms with Crippen molar-refractivity contribution in [2.24, 2.45) is 5.73 Å². The molecule has 176 valence electrons. The van der Waals surface area contributed by atoms with Gasteiger partial charge in [-0.05, 0) is 41.8 Å². The van der Waals surface area contributed by atoms with Gasteiger partial charge in [0.2, 0.25) is 0 Å². The van der Waals surface area contributed by atoms with Crippen LogP contribution in [0.15, 0.2) is 36.7 Å². The van der Waals surface area contributed by atoms with Gasteiger partial charge in [-0.15, -0.1) is 0 Å². The molecule has 10 nitrogen and oxygen atoms in total. The van der Waals surface area contributed by atoms with Crippen LogP contribution < -0.4 is 20.1 Å². The number of guanidine groups is 1. The maximum absolute atomic E-state index is 11.5. The summed E-state index contributed by atoms with van der Waals surface area (Å²) in [4.78, 5) is 19.5. The molecule has 0 amide bonds. The lowest BCUT2D eigenvalue weighted by molar-refractivity contribution is -0.0596. The first-order chi connectivity index (χ1) is 15.9. The van der Waals surface area contributed by atoms with Crippen molar-refractivity contribution in [3.63, 3.8) is 0 Å². The van der Waals surface area contributed by atoms with Crippen molar-refractivity contribution in [3.05, 3.63) is 47.8 Å². The third-order valence-electron chi connectivity index (χ3n) is 6.34. The molecule has 0 aliphatic carbocycles. The maximum Gasteiger partial charge on any atom is 0.506 e. The second-order valence-corrected chi connectivity index (χ2v) is 8.36. The van der Waals surface area contributed by atoms with Crippen molar-refractivity contribution in [3.8, 4) is 11.5 Å². The molecule has 0 spiro atoms. The fourth-order valence-electron chi connectivity index (χ4n) is 4.44. The van der Waals surface area contributed by atoms with E-state index in [9.17, 15) is 9.90 Å². The zero-order chi connectivity index (χ0) is 23.4. The number of benzene rings is 1. The van der Waals surface area contributed by atoms with E-state index in [1.54, 1.807) is 24.4 Å². The summed E-state index contributed by atoms with van der Waals surface area (Å²) in [6.07, 6.45) is 3.90. The molecule has 0 atom stereocenters. The molecule has 1 fully saturated rings. The summed E-state index contributed by atoms with van der Waals surface area (Å²) in [5, 5.41) is 17.1. The lowest BCUT2D eigenvalue weighted by atomic mass is 9.91. The topological polar surface area (TPSA) is 134 Å². The molecule has 4 rings (SSSR count). The van der Waals surface area contributed by atoms with E-state index in [2.05, 4.69) is 9.88 Å². The number of carbonyl (C=O) groups is 1. The van der Waals surface area contributed by atoms with Gasteiger partial charge in [-0.25, -0.2) is 4.79 Å².